The van der Waals surface area contributed by atoms with Gasteiger partial charge < -0.3 is 4.74 Å². The molecule has 0 atom stereocenters. The summed E-state index contributed by atoms with van der Waals surface area (Å²) in [6, 6.07) is 12.6. The molecule has 122 valence electrons. The topological polar surface area (TPSA) is 9.23 Å². The highest BCUT2D eigenvalue weighted by Gasteiger charge is 2.34. The van der Waals surface area contributed by atoms with Crippen molar-refractivity contribution in [3.63, 3.8) is 0 Å². The Labute approximate surface area is 132 Å². The van der Waals surface area contributed by atoms with Gasteiger partial charge in [0.25, 0.3) is 0 Å². The molecule has 0 saturated carbocycles. The molecule has 0 N–H and O–H groups in total. The van der Waals surface area contributed by atoms with Crippen molar-refractivity contribution in [3.05, 3.63) is 65.2 Å². The fraction of sp³-hybridized carbons (Fsp3) is 0.368. The van der Waals surface area contributed by atoms with Gasteiger partial charge in [0, 0.05) is 0 Å². The van der Waals surface area contributed by atoms with Crippen LogP contribution in [0, 0.1) is 13.8 Å². The molecule has 22 heavy (non-hydrogen) atoms. The Kier molecular flexibility index (Phi) is 9.07. The number of hydrogen-bond donors (Lipinski definition) is 0. The van der Waals surface area contributed by atoms with Crippen LogP contribution in [0.15, 0.2) is 48.5 Å². The first-order chi connectivity index (χ1) is 10.5. The highest BCUT2D eigenvalue weighted by atomic mass is 19.3. The van der Waals surface area contributed by atoms with Crippen LogP contribution in [0.1, 0.15) is 44.4 Å². The Morgan fingerprint density at radius 3 is 1.45 bits per heavy atom. The van der Waals surface area contributed by atoms with E-state index >= 15 is 0 Å². The van der Waals surface area contributed by atoms with Crippen LogP contribution in [-0.2, 0) is 6.11 Å². The third-order valence-electron chi connectivity index (χ3n) is 2.65. The van der Waals surface area contributed by atoms with Crippen LogP contribution in [0.5, 0.6) is 5.75 Å². The van der Waals surface area contributed by atoms with Crippen LogP contribution in [-0.4, -0.2) is 0 Å². The number of benzene rings is 2. The molecule has 0 aromatic heterocycles. The van der Waals surface area contributed by atoms with Gasteiger partial charge in [0.15, 0.2) is 0 Å². The second-order valence-electron chi connectivity index (χ2n) is 4.30. The number of hydrogen-bond acceptors (Lipinski definition) is 1. The quantitative estimate of drug-likeness (QED) is 0.630. The van der Waals surface area contributed by atoms with Crippen molar-refractivity contribution in [1.82, 2.24) is 0 Å². The van der Waals surface area contributed by atoms with Crippen LogP contribution in [0.3, 0.4) is 0 Å². The lowest BCUT2D eigenvalue weighted by atomic mass is 10.1. The van der Waals surface area contributed by atoms with Crippen LogP contribution in [0.2, 0.25) is 0 Å². The molecule has 0 unspecified atom stereocenters. The summed E-state index contributed by atoms with van der Waals surface area (Å²) in [5.41, 5.74) is 1.79. The first-order valence-corrected chi connectivity index (χ1v) is 7.68. The van der Waals surface area contributed by atoms with Crippen LogP contribution < -0.4 is 4.74 Å². The fourth-order valence-corrected chi connectivity index (χ4v) is 1.56. The Balaban J connectivity index is 0.00000102. The number of aryl methyl sites for hydroxylation is 2. The standard InChI is InChI=1S/C15H14F2O.2C2H6/c1-11-3-7-13(8-4-11)15(16,17)18-14-9-5-12(2)6-10-14;2*1-2/h3-10H,1-2H3;2*1-2H3. The van der Waals surface area contributed by atoms with E-state index in [9.17, 15) is 8.78 Å². The molecule has 0 aliphatic carbocycles. The number of ether oxygens (including phenoxy) is 1. The van der Waals surface area contributed by atoms with Gasteiger partial charge in [-0.25, -0.2) is 0 Å². The van der Waals surface area contributed by atoms with E-state index in [2.05, 4.69) is 0 Å². The third kappa shape index (κ3) is 6.25. The first kappa shape index (κ1) is 20.1. The van der Waals surface area contributed by atoms with E-state index in [0.29, 0.717) is 0 Å². The first-order valence-electron chi connectivity index (χ1n) is 7.68. The van der Waals surface area contributed by atoms with E-state index in [0.717, 1.165) is 11.1 Å². The molecule has 0 radical (unpaired) electrons. The summed E-state index contributed by atoms with van der Waals surface area (Å²) >= 11 is 0. The lowest BCUT2D eigenvalue weighted by Gasteiger charge is -2.18. The number of halogens is 2. The highest BCUT2D eigenvalue weighted by Crippen LogP contribution is 2.31. The molecule has 0 bridgehead atoms. The van der Waals surface area contributed by atoms with Gasteiger partial charge in [-0.1, -0.05) is 63.1 Å². The van der Waals surface area contributed by atoms with Gasteiger partial charge in [-0.15, -0.1) is 0 Å². The van der Waals surface area contributed by atoms with Gasteiger partial charge in [0.05, 0.1) is 5.56 Å². The lowest BCUT2D eigenvalue weighted by molar-refractivity contribution is -0.185. The minimum Gasteiger partial charge on any atom is -0.429 e. The Bertz CT molecular complexity index is 516. The smallest absolute Gasteiger partial charge is 0.426 e. The van der Waals surface area contributed by atoms with Crippen molar-refractivity contribution in [2.24, 2.45) is 0 Å². The summed E-state index contributed by atoms with van der Waals surface area (Å²) in [5.74, 6) is 0.158. The maximum atomic E-state index is 13.9. The predicted octanol–water partition coefficient (Wildman–Crippen LogP) is 6.48. The zero-order valence-corrected chi connectivity index (χ0v) is 14.3. The van der Waals surface area contributed by atoms with Gasteiger partial charge in [-0.2, -0.15) is 8.78 Å². The van der Waals surface area contributed by atoms with E-state index in [-0.39, 0.29) is 11.3 Å². The summed E-state index contributed by atoms with van der Waals surface area (Å²) in [7, 11) is 0. The largest absolute Gasteiger partial charge is 0.429 e. The molecule has 0 heterocycles. The molecular formula is C19H26F2O. The molecule has 2 aromatic rings. The normalized spacial score (nSPS) is 9.82. The van der Waals surface area contributed by atoms with E-state index in [1.165, 1.54) is 24.3 Å². The molecule has 3 heteroatoms. The fourth-order valence-electron chi connectivity index (χ4n) is 1.56. The average Bonchev–Trinajstić information content (AvgIpc) is 2.54. The Morgan fingerprint density at radius 2 is 1.05 bits per heavy atom. The molecule has 0 aliphatic rings. The minimum atomic E-state index is -3.32. The maximum absolute atomic E-state index is 13.9. The summed E-state index contributed by atoms with van der Waals surface area (Å²) in [4.78, 5) is 0. The molecule has 2 aromatic carbocycles. The van der Waals surface area contributed by atoms with Crippen molar-refractivity contribution in [2.75, 3.05) is 0 Å². The SMILES string of the molecule is CC.CC.Cc1ccc(OC(F)(F)c2ccc(C)cc2)cc1. The van der Waals surface area contributed by atoms with Crippen LogP contribution in [0.4, 0.5) is 8.78 Å². The van der Waals surface area contributed by atoms with E-state index < -0.39 is 6.11 Å². The summed E-state index contributed by atoms with van der Waals surface area (Å²) in [6.07, 6.45) is -3.32. The van der Waals surface area contributed by atoms with Crippen molar-refractivity contribution in [2.45, 2.75) is 47.7 Å². The van der Waals surface area contributed by atoms with Gasteiger partial charge >= 0.3 is 6.11 Å². The molecule has 0 saturated heterocycles. The molecule has 0 aliphatic heterocycles. The highest BCUT2D eigenvalue weighted by molar-refractivity contribution is 5.29. The lowest BCUT2D eigenvalue weighted by Crippen LogP contribution is -2.21. The zero-order valence-electron chi connectivity index (χ0n) is 14.3. The molecule has 0 fully saturated rings. The zero-order chi connectivity index (χ0) is 17.2. The van der Waals surface area contributed by atoms with Gasteiger partial charge in [0.2, 0.25) is 0 Å². The predicted molar refractivity (Wildman–Crippen MR) is 89.6 cm³/mol. The third-order valence-corrected chi connectivity index (χ3v) is 2.65. The molecule has 2 rings (SSSR count). The number of alkyl halides is 2. The van der Waals surface area contributed by atoms with Crippen LogP contribution >= 0.6 is 0 Å². The Hall–Kier alpha value is -1.90. The summed E-state index contributed by atoms with van der Waals surface area (Å²) < 4.78 is 32.5. The van der Waals surface area contributed by atoms with Crippen molar-refractivity contribution in [3.8, 4) is 5.75 Å². The van der Waals surface area contributed by atoms with Gasteiger partial charge in [-0.3, -0.25) is 0 Å². The Morgan fingerprint density at radius 1 is 0.682 bits per heavy atom. The summed E-state index contributed by atoms with van der Waals surface area (Å²) in [6.45, 7) is 11.7. The van der Waals surface area contributed by atoms with Crippen molar-refractivity contribution >= 4 is 0 Å². The molecule has 0 spiro atoms. The summed E-state index contributed by atoms with van der Waals surface area (Å²) in [5, 5.41) is 0. The average molecular weight is 308 g/mol. The second-order valence-corrected chi connectivity index (χ2v) is 4.30. The molecular weight excluding hydrogens is 282 g/mol. The van der Waals surface area contributed by atoms with Crippen LogP contribution in [0.25, 0.3) is 0 Å². The van der Waals surface area contributed by atoms with Crippen molar-refractivity contribution < 1.29 is 13.5 Å². The maximum Gasteiger partial charge on any atom is 0.426 e. The molecule has 1 nitrogen and oxygen atoms in total. The second kappa shape index (κ2) is 9.93. The minimum absolute atomic E-state index is 0.145. The van der Waals surface area contributed by atoms with Crippen molar-refractivity contribution in [1.29, 1.82) is 0 Å². The van der Waals surface area contributed by atoms with Gasteiger partial charge in [-0.05, 0) is 38.1 Å². The monoisotopic (exact) mass is 308 g/mol. The number of rotatable bonds is 3. The van der Waals surface area contributed by atoms with E-state index in [4.69, 9.17) is 4.74 Å². The van der Waals surface area contributed by atoms with E-state index in [1.807, 2.05) is 41.5 Å². The molecule has 0 amide bonds. The van der Waals surface area contributed by atoms with Gasteiger partial charge in [0.1, 0.15) is 5.75 Å². The van der Waals surface area contributed by atoms with E-state index in [1.54, 1.807) is 24.3 Å².